The van der Waals surface area contributed by atoms with E-state index in [2.05, 4.69) is 12.1 Å². The Bertz CT molecular complexity index is 559. The summed E-state index contributed by atoms with van der Waals surface area (Å²) >= 11 is 0. The van der Waals surface area contributed by atoms with E-state index >= 15 is 0 Å². The number of para-hydroxylation sites is 1. The molecule has 1 heterocycles. The smallest absolute Gasteiger partial charge is 0.127 e. The standard InChI is InChI=1S/C17H19NO2/c1-13(18)17(11-19-12-17)14-7-9-16(10-8-14)20-15-5-3-2-4-6-15/h2-10,13H,11-12,18H2,1H3. The lowest BCUT2D eigenvalue weighted by Gasteiger charge is -2.45. The minimum atomic E-state index is -0.0364. The van der Waals surface area contributed by atoms with Crippen molar-refractivity contribution in [3.05, 3.63) is 60.2 Å². The fourth-order valence-electron chi connectivity index (χ4n) is 2.49. The highest BCUT2D eigenvalue weighted by atomic mass is 16.5. The number of nitrogens with two attached hydrogens (primary N) is 1. The van der Waals surface area contributed by atoms with Crippen molar-refractivity contribution in [1.82, 2.24) is 0 Å². The number of benzene rings is 2. The first-order chi connectivity index (χ1) is 9.71. The molecule has 1 aliphatic heterocycles. The summed E-state index contributed by atoms with van der Waals surface area (Å²) in [6, 6.07) is 18.0. The van der Waals surface area contributed by atoms with E-state index in [-0.39, 0.29) is 11.5 Å². The van der Waals surface area contributed by atoms with Gasteiger partial charge < -0.3 is 15.2 Å². The topological polar surface area (TPSA) is 44.5 Å². The first-order valence-electron chi connectivity index (χ1n) is 6.87. The molecule has 3 rings (SSSR count). The maximum Gasteiger partial charge on any atom is 0.127 e. The van der Waals surface area contributed by atoms with Crippen LogP contribution in [0.4, 0.5) is 0 Å². The summed E-state index contributed by atoms with van der Waals surface area (Å²) in [6.07, 6.45) is 0. The second kappa shape index (κ2) is 5.27. The van der Waals surface area contributed by atoms with Gasteiger partial charge in [-0.3, -0.25) is 0 Å². The summed E-state index contributed by atoms with van der Waals surface area (Å²) in [6.45, 7) is 3.43. The molecule has 3 heteroatoms. The van der Waals surface area contributed by atoms with Crippen LogP contribution >= 0.6 is 0 Å². The number of ether oxygens (including phenoxy) is 2. The lowest BCUT2D eigenvalue weighted by Crippen LogP contribution is -2.57. The van der Waals surface area contributed by atoms with Crippen molar-refractivity contribution in [2.75, 3.05) is 13.2 Å². The molecule has 0 bridgehead atoms. The summed E-state index contributed by atoms with van der Waals surface area (Å²) in [7, 11) is 0. The summed E-state index contributed by atoms with van der Waals surface area (Å²) in [5.74, 6) is 1.68. The van der Waals surface area contributed by atoms with Crippen LogP contribution in [0.3, 0.4) is 0 Å². The van der Waals surface area contributed by atoms with Gasteiger partial charge in [-0.25, -0.2) is 0 Å². The molecule has 0 spiro atoms. The largest absolute Gasteiger partial charge is 0.457 e. The van der Waals surface area contributed by atoms with Crippen molar-refractivity contribution in [2.45, 2.75) is 18.4 Å². The van der Waals surface area contributed by atoms with Crippen LogP contribution in [-0.2, 0) is 10.2 Å². The van der Waals surface area contributed by atoms with Crippen molar-refractivity contribution in [1.29, 1.82) is 0 Å². The van der Waals surface area contributed by atoms with Gasteiger partial charge in [0.15, 0.2) is 0 Å². The van der Waals surface area contributed by atoms with Crippen LogP contribution in [0.2, 0.25) is 0 Å². The molecule has 0 amide bonds. The van der Waals surface area contributed by atoms with Gasteiger partial charge in [0.2, 0.25) is 0 Å². The van der Waals surface area contributed by atoms with Crippen LogP contribution in [0.1, 0.15) is 12.5 Å². The number of hydrogen-bond acceptors (Lipinski definition) is 3. The molecule has 3 nitrogen and oxygen atoms in total. The van der Waals surface area contributed by atoms with Crippen LogP contribution in [0, 0.1) is 0 Å². The average molecular weight is 269 g/mol. The highest BCUT2D eigenvalue weighted by Gasteiger charge is 2.43. The normalized spacial score (nSPS) is 18.1. The zero-order chi connectivity index (χ0) is 14.0. The molecule has 0 saturated carbocycles. The molecule has 2 aromatic rings. The second-order valence-corrected chi connectivity index (χ2v) is 5.38. The summed E-state index contributed by atoms with van der Waals surface area (Å²) in [5.41, 5.74) is 7.30. The third kappa shape index (κ3) is 2.30. The van der Waals surface area contributed by atoms with Gasteiger partial charge in [-0.1, -0.05) is 30.3 Å². The zero-order valence-corrected chi connectivity index (χ0v) is 11.6. The Morgan fingerprint density at radius 1 is 1.00 bits per heavy atom. The lowest BCUT2D eigenvalue weighted by molar-refractivity contribution is -0.0701. The Balaban J connectivity index is 1.78. The molecule has 1 unspecified atom stereocenters. The van der Waals surface area contributed by atoms with Crippen molar-refractivity contribution < 1.29 is 9.47 Å². The van der Waals surface area contributed by atoms with E-state index in [1.165, 1.54) is 5.56 Å². The van der Waals surface area contributed by atoms with Gasteiger partial charge in [-0.15, -0.1) is 0 Å². The molecule has 1 aliphatic rings. The van der Waals surface area contributed by atoms with Crippen LogP contribution in [0.5, 0.6) is 11.5 Å². The van der Waals surface area contributed by atoms with Gasteiger partial charge in [0.1, 0.15) is 11.5 Å². The first kappa shape index (κ1) is 13.2. The molecular weight excluding hydrogens is 250 g/mol. The summed E-state index contributed by atoms with van der Waals surface area (Å²) in [5, 5.41) is 0. The van der Waals surface area contributed by atoms with Crippen molar-refractivity contribution in [2.24, 2.45) is 5.73 Å². The first-order valence-corrected chi connectivity index (χ1v) is 6.87. The molecule has 0 aromatic heterocycles. The highest BCUT2D eigenvalue weighted by Crippen LogP contribution is 2.36. The van der Waals surface area contributed by atoms with Gasteiger partial charge in [0.05, 0.1) is 18.6 Å². The predicted molar refractivity (Wildman–Crippen MR) is 79.1 cm³/mol. The van der Waals surface area contributed by atoms with E-state index in [1.807, 2.05) is 49.4 Å². The van der Waals surface area contributed by atoms with Crippen molar-refractivity contribution in [3.8, 4) is 11.5 Å². The molecule has 1 fully saturated rings. The Morgan fingerprint density at radius 3 is 2.10 bits per heavy atom. The fourth-order valence-corrected chi connectivity index (χ4v) is 2.49. The monoisotopic (exact) mass is 269 g/mol. The zero-order valence-electron chi connectivity index (χ0n) is 11.6. The molecule has 0 aliphatic carbocycles. The molecule has 1 atom stereocenters. The highest BCUT2D eigenvalue weighted by molar-refractivity contribution is 5.37. The van der Waals surface area contributed by atoms with Gasteiger partial charge in [-0.05, 0) is 36.8 Å². The lowest BCUT2D eigenvalue weighted by atomic mass is 9.73. The number of hydrogen-bond donors (Lipinski definition) is 1. The van der Waals surface area contributed by atoms with Crippen LogP contribution in [-0.4, -0.2) is 19.3 Å². The van der Waals surface area contributed by atoms with Gasteiger partial charge in [0.25, 0.3) is 0 Å². The van der Waals surface area contributed by atoms with E-state index in [0.29, 0.717) is 13.2 Å². The minimum Gasteiger partial charge on any atom is -0.457 e. The van der Waals surface area contributed by atoms with E-state index < -0.39 is 0 Å². The molecular formula is C17H19NO2. The molecule has 1 saturated heterocycles. The second-order valence-electron chi connectivity index (χ2n) is 5.38. The van der Waals surface area contributed by atoms with Gasteiger partial charge in [-0.2, -0.15) is 0 Å². The number of rotatable bonds is 4. The Morgan fingerprint density at radius 2 is 1.60 bits per heavy atom. The van der Waals surface area contributed by atoms with Crippen molar-refractivity contribution in [3.63, 3.8) is 0 Å². The minimum absolute atomic E-state index is 0.0364. The van der Waals surface area contributed by atoms with Crippen LogP contribution in [0.25, 0.3) is 0 Å². The Hall–Kier alpha value is -1.84. The van der Waals surface area contributed by atoms with E-state index in [0.717, 1.165) is 11.5 Å². The SMILES string of the molecule is CC(N)C1(c2ccc(Oc3ccccc3)cc2)COC1. The summed E-state index contributed by atoms with van der Waals surface area (Å²) < 4.78 is 11.2. The van der Waals surface area contributed by atoms with Gasteiger partial charge in [0, 0.05) is 6.04 Å². The average Bonchev–Trinajstić information content (AvgIpc) is 2.40. The molecule has 20 heavy (non-hydrogen) atoms. The Kier molecular flexibility index (Phi) is 3.47. The molecule has 0 radical (unpaired) electrons. The molecule has 2 aromatic carbocycles. The predicted octanol–water partition coefficient (Wildman–Crippen LogP) is 3.09. The third-order valence-corrected chi connectivity index (χ3v) is 4.00. The fraction of sp³-hybridized carbons (Fsp3) is 0.294. The maximum atomic E-state index is 6.12. The van der Waals surface area contributed by atoms with E-state index in [4.69, 9.17) is 15.2 Å². The quantitative estimate of drug-likeness (QED) is 0.927. The maximum absolute atomic E-state index is 6.12. The van der Waals surface area contributed by atoms with Crippen LogP contribution < -0.4 is 10.5 Å². The third-order valence-electron chi connectivity index (χ3n) is 4.00. The van der Waals surface area contributed by atoms with E-state index in [1.54, 1.807) is 0 Å². The van der Waals surface area contributed by atoms with Gasteiger partial charge >= 0.3 is 0 Å². The van der Waals surface area contributed by atoms with E-state index in [9.17, 15) is 0 Å². The molecule has 104 valence electrons. The molecule has 2 N–H and O–H groups in total. The van der Waals surface area contributed by atoms with Crippen molar-refractivity contribution >= 4 is 0 Å². The van der Waals surface area contributed by atoms with Crippen LogP contribution in [0.15, 0.2) is 54.6 Å². The Labute approximate surface area is 119 Å². The summed E-state index contributed by atoms with van der Waals surface area (Å²) in [4.78, 5) is 0.